The van der Waals surface area contributed by atoms with E-state index in [0.717, 1.165) is 6.07 Å². The van der Waals surface area contributed by atoms with Crippen LogP contribution in [0.15, 0.2) is 53.7 Å². The van der Waals surface area contributed by atoms with Gasteiger partial charge in [-0.25, -0.2) is 17.9 Å². The third kappa shape index (κ3) is 3.86. The zero-order valence-electron chi connectivity index (χ0n) is 13.5. The molecule has 1 heterocycles. The molecule has 3 N–H and O–H groups in total. The maximum Gasteiger partial charge on any atom is 0.261 e. The van der Waals surface area contributed by atoms with E-state index in [1.54, 1.807) is 0 Å². The minimum Gasteiger partial charge on any atom is -0.291 e. The first kappa shape index (κ1) is 17.5. The van der Waals surface area contributed by atoms with Gasteiger partial charge in [-0.1, -0.05) is 0 Å². The van der Waals surface area contributed by atoms with Crippen LogP contribution in [-0.4, -0.2) is 29.5 Å². The van der Waals surface area contributed by atoms with Crippen molar-refractivity contribution in [1.29, 1.82) is 0 Å². The van der Waals surface area contributed by atoms with Crippen LogP contribution >= 0.6 is 0 Å². The van der Waals surface area contributed by atoms with Gasteiger partial charge < -0.3 is 0 Å². The van der Waals surface area contributed by atoms with Crippen LogP contribution in [0.25, 0.3) is 0 Å². The molecule has 3 aromatic rings. The minimum absolute atomic E-state index is 0.0523. The summed E-state index contributed by atoms with van der Waals surface area (Å²) in [6, 6.07) is 9.34. The second-order valence-corrected chi connectivity index (χ2v) is 7.06. The Morgan fingerprint density at radius 1 is 1.15 bits per heavy atom. The van der Waals surface area contributed by atoms with Crippen molar-refractivity contribution in [3.05, 3.63) is 65.7 Å². The van der Waals surface area contributed by atoms with Crippen molar-refractivity contribution in [2.45, 2.75) is 11.8 Å². The van der Waals surface area contributed by atoms with E-state index < -0.39 is 21.7 Å². The number of nitrogens with one attached hydrogen (secondary N) is 3. The zero-order valence-corrected chi connectivity index (χ0v) is 14.3. The van der Waals surface area contributed by atoms with E-state index in [1.807, 2.05) is 0 Å². The highest BCUT2D eigenvalue weighted by Crippen LogP contribution is 2.19. The molecule has 0 aliphatic rings. The summed E-state index contributed by atoms with van der Waals surface area (Å²) in [5, 5.41) is 8.61. The van der Waals surface area contributed by atoms with Gasteiger partial charge in [0.1, 0.15) is 12.1 Å². The third-order valence-electron chi connectivity index (χ3n) is 3.49. The van der Waals surface area contributed by atoms with Gasteiger partial charge in [-0.15, -0.1) is 0 Å². The summed E-state index contributed by atoms with van der Waals surface area (Å²) in [6.45, 7) is 1.48. The van der Waals surface area contributed by atoms with Crippen LogP contribution in [0.2, 0.25) is 0 Å². The van der Waals surface area contributed by atoms with Gasteiger partial charge in [0.15, 0.2) is 0 Å². The third-order valence-corrected chi connectivity index (χ3v) is 4.86. The molecule has 8 nitrogen and oxygen atoms in total. The number of amides is 1. The number of rotatable bonds is 5. The van der Waals surface area contributed by atoms with Crippen molar-refractivity contribution in [1.82, 2.24) is 15.2 Å². The first-order chi connectivity index (χ1) is 12.3. The predicted octanol–water partition coefficient (Wildman–Crippen LogP) is 2.31. The Labute approximate surface area is 148 Å². The molecule has 0 spiro atoms. The lowest BCUT2D eigenvalue weighted by Crippen LogP contribution is -2.15. The van der Waals surface area contributed by atoms with Crippen molar-refractivity contribution in [3.8, 4) is 0 Å². The fraction of sp³-hybridized carbons (Fsp3) is 0.0625. The molecule has 134 valence electrons. The van der Waals surface area contributed by atoms with E-state index in [1.165, 1.54) is 49.6 Å². The van der Waals surface area contributed by atoms with Crippen LogP contribution in [0.5, 0.6) is 0 Å². The Morgan fingerprint density at radius 2 is 1.88 bits per heavy atom. The van der Waals surface area contributed by atoms with Crippen molar-refractivity contribution in [3.63, 3.8) is 0 Å². The first-order valence-corrected chi connectivity index (χ1v) is 8.89. The van der Waals surface area contributed by atoms with Crippen molar-refractivity contribution >= 4 is 27.6 Å². The summed E-state index contributed by atoms with van der Waals surface area (Å²) in [5.41, 5.74) is 0.803. The topological polar surface area (TPSA) is 117 Å². The van der Waals surface area contributed by atoms with Crippen molar-refractivity contribution in [2.24, 2.45) is 0 Å². The average Bonchev–Trinajstić information content (AvgIpc) is 3.10. The molecular weight excluding hydrogens is 361 g/mol. The van der Waals surface area contributed by atoms with E-state index in [2.05, 4.69) is 25.2 Å². The molecule has 2 aromatic carbocycles. The zero-order chi connectivity index (χ0) is 18.7. The lowest BCUT2D eigenvalue weighted by atomic mass is 10.2. The molecule has 0 atom stereocenters. The number of benzene rings is 2. The van der Waals surface area contributed by atoms with Gasteiger partial charge in [0.2, 0.25) is 5.95 Å². The van der Waals surface area contributed by atoms with Gasteiger partial charge in [0, 0.05) is 11.3 Å². The number of anilines is 2. The number of aromatic amines is 1. The van der Waals surface area contributed by atoms with Crippen LogP contribution < -0.4 is 10.0 Å². The molecular formula is C16H14FN5O3S. The molecule has 3 rings (SSSR count). The number of aryl methyl sites for hydroxylation is 1. The second-order valence-electron chi connectivity index (χ2n) is 5.38. The van der Waals surface area contributed by atoms with Gasteiger partial charge in [-0.05, 0) is 55.0 Å². The van der Waals surface area contributed by atoms with Crippen molar-refractivity contribution < 1.29 is 17.6 Å². The molecule has 0 saturated heterocycles. The average molecular weight is 375 g/mol. The van der Waals surface area contributed by atoms with Crippen LogP contribution in [0, 0.1) is 12.7 Å². The fourth-order valence-corrected chi connectivity index (χ4v) is 3.28. The number of carbonyl (C=O) groups is 1. The Kier molecular flexibility index (Phi) is 4.67. The summed E-state index contributed by atoms with van der Waals surface area (Å²) in [5.74, 6) is -0.706. The number of halogens is 1. The molecule has 0 aliphatic carbocycles. The maximum atomic E-state index is 13.3. The summed E-state index contributed by atoms with van der Waals surface area (Å²) < 4.78 is 40.4. The van der Waals surface area contributed by atoms with Crippen LogP contribution in [-0.2, 0) is 10.0 Å². The number of aromatic nitrogens is 3. The Balaban J connectivity index is 1.74. The van der Waals surface area contributed by atoms with Gasteiger partial charge >= 0.3 is 0 Å². The van der Waals surface area contributed by atoms with Crippen molar-refractivity contribution in [2.75, 3.05) is 10.0 Å². The van der Waals surface area contributed by atoms with E-state index in [0.29, 0.717) is 5.56 Å². The summed E-state index contributed by atoms with van der Waals surface area (Å²) in [7, 11) is -3.87. The SMILES string of the molecule is Cc1cc(S(=O)(=O)Nc2ccc(C(=O)Nc3ncn[nH]3)cc2)ccc1F. The minimum atomic E-state index is -3.87. The summed E-state index contributed by atoms with van der Waals surface area (Å²) in [4.78, 5) is 15.8. The molecule has 0 bridgehead atoms. The number of carbonyl (C=O) groups excluding carboxylic acids is 1. The molecule has 0 fully saturated rings. The number of hydrogen-bond donors (Lipinski definition) is 3. The van der Waals surface area contributed by atoms with E-state index in [4.69, 9.17) is 0 Å². The second kappa shape index (κ2) is 6.92. The normalized spacial score (nSPS) is 11.2. The van der Waals surface area contributed by atoms with Gasteiger partial charge in [-0.2, -0.15) is 10.1 Å². The molecule has 0 aliphatic heterocycles. The monoisotopic (exact) mass is 375 g/mol. The summed E-state index contributed by atoms with van der Waals surface area (Å²) >= 11 is 0. The summed E-state index contributed by atoms with van der Waals surface area (Å²) in [6.07, 6.45) is 1.25. The Hall–Kier alpha value is -3.27. The largest absolute Gasteiger partial charge is 0.291 e. The van der Waals surface area contributed by atoms with Crippen LogP contribution in [0.4, 0.5) is 16.0 Å². The molecule has 26 heavy (non-hydrogen) atoms. The fourth-order valence-electron chi connectivity index (χ4n) is 2.13. The number of hydrogen-bond acceptors (Lipinski definition) is 5. The van der Waals surface area contributed by atoms with E-state index in [9.17, 15) is 17.6 Å². The van der Waals surface area contributed by atoms with Gasteiger partial charge in [0.05, 0.1) is 4.90 Å². The number of H-pyrrole nitrogens is 1. The van der Waals surface area contributed by atoms with Crippen LogP contribution in [0.3, 0.4) is 0 Å². The van der Waals surface area contributed by atoms with E-state index >= 15 is 0 Å². The number of sulfonamides is 1. The molecule has 0 unspecified atom stereocenters. The highest BCUT2D eigenvalue weighted by Gasteiger charge is 2.16. The molecule has 0 saturated carbocycles. The number of nitrogens with zero attached hydrogens (tertiary/aromatic N) is 2. The lowest BCUT2D eigenvalue weighted by molar-refractivity contribution is 0.102. The van der Waals surface area contributed by atoms with Gasteiger partial charge in [0.25, 0.3) is 15.9 Å². The predicted molar refractivity (Wildman–Crippen MR) is 92.7 cm³/mol. The first-order valence-electron chi connectivity index (χ1n) is 7.41. The Morgan fingerprint density at radius 3 is 2.50 bits per heavy atom. The lowest BCUT2D eigenvalue weighted by Gasteiger charge is -2.09. The van der Waals surface area contributed by atoms with E-state index in [-0.39, 0.29) is 22.1 Å². The highest BCUT2D eigenvalue weighted by atomic mass is 32.2. The maximum absolute atomic E-state index is 13.3. The Bertz CT molecular complexity index is 1030. The van der Waals surface area contributed by atoms with Crippen LogP contribution in [0.1, 0.15) is 15.9 Å². The molecule has 1 amide bonds. The molecule has 10 heteroatoms. The molecule has 0 radical (unpaired) electrons. The molecule has 1 aromatic heterocycles. The standard InChI is InChI=1S/C16H14FN5O3S/c1-10-8-13(6-7-14(10)17)26(24,25)22-12-4-2-11(3-5-12)15(23)20-16-18-9-19-21-16/h2-9,22H,1H3,(H2,18,19,20,21,23). The quantitative estimate of drug-likeness (QED) is 0.633. The smallest absolute Gasteiger partial charge is 0.261 e. The van der Waals surface area contributed by atoms with Gasteiger partial charge in [-0.3, -0.25) is 14.8 Å². The highest BCUT2D eigenvalue weighted by molar-refractivity contribution is 7.92.